The van der Waals surface area contributed by atoms with E-state index in [1.54, 1.807) is 0 Å². The van der Waals surface area contributed by atoms with Crippen LogP contribution in [0.25, 0.3) is 0 Å². The minimum absolute atomic E-state index is 0.102. The van der Waals surface area contributed by atoms with E-state index < -0.39 is 97.5 Å². The number of rotatable bonds is 60. The number of aliphatic hydroxyl groups is 1. The summed E-state index contributed by atoms with van der Waals surface area (Å²) in [5.74, 6) is 0.693. The zero-order valence-corrected chi connectivity index (χ0v) is 54.9. The van der Waals surface area contributed by atoms with E-state index in [9.17, 15) is 43.2 Å². The van der Waals surface area contributed by atoms with Crippen LogP contribution in [0.3, 0.4) is 0 Å². The number of hydrogen-bond donors (Lipinski definition) is 3. The molecule has 0 aromatic carbocycles. The summed E-state index contributed by atoms with van der Waals surface area (Å²) in [7, 11) is -9.89. The highest BCUT2D eigenvalue weighted by Gasteiger charge is 2.30. The summed E-state index contributed by atoms with van der Waals surface area (Å²) < 4.78 is 67.9. The van der Waals surface area contributed by atoms with Crippen molar-refractivity contribution in [2.45, 2.75) is 318 Å². The van der Waals surface area contributed by atoms with Crippen molar-refractivity contribution in [3.63, 3.8) is 0 Å². The first kappa shape index (κ1) is 80.1. The van der Waals surface area contributed by atoms with Gasteiger partial charge in [0.1, 0.15) is 19.3 Å². The van der Waals surface area contributed by atoms with E-state index in [4.69, 9.17) is 37.0 Å². The molecular weight excluding hydrogens is 1090 g/mol. The van der Waals surface area contributed by atoms with Crippen molar-refractivity contribution in [1.29, 1.82) is 0 Å². The predicted molar refractivity (Wildman–Crippen MR) is 326 cm³/mol. The van der Waals surface area contributed by atoms with E-state index in [0.29, 0.717) is 37.5 Å². The highest BCUT2D eigenvalue weighted by Crippen LogP contribution is 2.45. The molecule has 486 valence electrons. The molecule has 0 aliphatic heterocycles. The van der Waals surface area contributed by atoms with E-state index >= 15 is 0 Å². The first-order valence-corrected chi connectivity index (χ1v) is 35.7. The first-order chi connectivity index (χ1) is 39.1. The van der Waals surface area contributed by atoms with E-state index in [2.05, 4.69) is 55.4 Å². The maximum atomic E-state index is 13.0. The number of phosphoric ester groups is 2. The zero-order chi connectivity index (χ0) is 61.1. The largest absolute Gasteiger partial charge is 0.472 e. The quantitative estimate of drug-likeness (QED) is 0.0222. The maximum Gasteiger partial charge on any atom is 0.472 e. The van der Waals surface area contributed by atoms with Crippen molar-refractivity contribution < 1.29 is 80.2 Å². The highest BCUT2D eigenvalue weighted by molar-refractivity contribution is 7.47. The molecule has 3 N–H and O–H groups in total. The van der Waals surface area contributed by atoms with Crippen LogP contribution in [0.1, 0.15) is 299 Å². The fourth-order valence-corrected chi connectivity index (χ4v) is 10.8. The second-order valence-corrected chi connectivity index (χ2v) is 27.6. The lowest BCUT2D eigenvalue weighted by molar-refractivity contribution is -0.161. The summed E-state index contributed by atoms with van der Waals surface area (Å²) in [6, 6.07) is 0. The SMILES string of the molecule is CC(C)CCCCCCCCCCCC(=O)OC[C@H](COP(=O)(O)OC[C@@H](O)COP(=O)(O)OC[C@@H](COC(=O)CCCCCCCCC(C)C)OC(=O)CCCCCCCCCCC(C)C)OC(=O)CCCCCCCCCC(C)C. The second-order valence-electron chi connectivity index (χ2n) is 24.7. The molecule has 0 fully saturated rings. The Balaban J connectivity index is 5.24. The first-order valence-electron chi connectivity index (χ1n) is 32.7. The zero-order valence-electron chi connectivity index (χ0n) is 53.1. The number of unbranched alkanes of at least 4 members (excludes halogenated alkanes) is 26. The average Bonchev–Trinajstić information content (AvgIpc) is 3.41. The third-order valence-corrected chi connectivity index (χ3v) is 16.2. The van der Waals surface area contributed by atoms with Gasteiger partial charge in [-0.05, 0) is 49.4 Å². The van der Waals surface area contributed by atoms with E-state index in [-0.39, 0.29) is 25.7 Å². The standard InChI is InChI=1S/C63H122O17P2/c1-53(2)39-31-23-15-10-9-11-18-27-35-43-60(65)73-49-58(80-63(68)46-38-30-20-14-17-25-33-41-55(5)6)51-77-81(69,70)75-47-57(64)48-76-82(71,72)78-52-59(50-74-61(66)44-36-28-22-21-26-34-42-56(7)8)79-62(67)45-37-29-19-13-12-16-24-32-40-54(3)4/h53-59,64H,9-52H2,1-8H3,(H,69,70)(H,71,72)/t57-,58-,59-/m1/s1. The molecule has 2 unspecified atom stereocenters. The van der Waals surface area contributed by atoms with Gasteiger partial charge in [-0.15, -0.1) is 0 Å². The van der Waals surface area contributed by atoms with E-state index in [1.807, 2.05) is 0 Å². The van der Waals surface area contributed by atoms with Crippen LogP contribution >= 0.6 is 15.6 Å². The molecule has 0 aromatic rings. The lowest BCUT2D eigenvalue weighted by atomic mass is 10.0. The topological polar surface area (TPSA) is 237 Å². The number of aliphatic hydroxyl groups excluding tert-OH is 1. The Kier molecular flexibility index (Phi) is 52.0. The number of phosphoric acid groups is 2. The lowest BCUT2D eigenvalue weighted by Crippen LogP contribution is -2.30. The molecule has 19 heteroatoms. The summed E-state index contributed by atoms with van der Waals surface area (Å²) in [6.07, 6.45) is 32.4. The Labute approximate surface area is 498 Å². The molecule has 0 aliphatic rings. The Bertz CT molecular complexity index is 1640. The molecule has 0 spiro atoms. The molecule has 0 saturated carbocycles. The highest BCUT2D eigenvalue weighted by atomic mass is 31.2. The smallest absolute Gasteiger partial charge is 0.462 e. The fourth-order valence-electron chi connectivity index (χ4n) is 9.25. The van der Waals surface area contributed by atoms with Crippen LogP contribution in [-0.2, 0) is 65.4 Å². The van der Waals surface area contributed by atoms with Gasteiger partial charge < -0.3 is 33.8 Å². The van der Waals surface area contributed by atoms with Gasteiger partial charge in [-0.25, -0.2) is 9.13 Å². The van der Waals surface area contributed by atoms with Crippen molar-refractivity contribution in [1.82, 2.24) is 0 Å². The van der Waals surface area contributed by atoms with Gasteiger partial charge in [0, 0.05) is 25.7 Å². The predicted octanol–water partition coefficient (Wildman–Crippen LogP) is 17.0. The van der Waals surface area contributed by atoms with Crippen LogP contribution in [0.4, 0.5) is 0 Å². The number of ether oxygens (including phenoxy) is 4. The minimum Gasteiger partial charge on any atom is -0.462 e. The molecule has 0 bridgehead atoms. The van der Waals surface area contributed by atoms with Gasteiger partial charge in [0.2, 0.25) is 0 Å². The maximum absolute atomic E-state index is 13.0. The van der Waals surface area contributed by atoms with Gasteiger partial charge in [-0.3, -0.25) is 37.3 Å². The van der Waals surface area contributed by atoms with Crippen LogP contribution in [0, 0.1) is 23.7 Å². The van der Waals surface area contributed by atoms with E-state index in [0.717, 1.165) is 108 Å². The molecule has 0 rings (SSSR count). The van der Waals surface area contributed by atoms with Crippen LogP contribution in [0.5, 0.6) is 0 Å². The number of carbonyl (C=O) groups excluding carboxylic acids is 4. The fraction of sp³-hybridized carbons (Fsp3) is 0.937. The van der Waals surface area contributed by atoms with E-state index in [1.165, 1.54) is 96.3 Å². The average molecular weight is 1210 g/mol. The van der Waals surface area contributed by atoms with Gasteiger partial charge in [0.05, 0.1) is 26.4 Å². The summed E-state index contributed by atoms with van der Waals surface area (Å²) in [4.78, 5) is 72.1. The lowest BCUT2D eigenvalue weighted by Gasteiger charge is -2.21. The van der Waals surface area contributed by atoms with Crippen molar-refractivity contribution in [3.8, 4) is 0 Å². The second kappa shape index (κ2) is 53.3. The van der Waals surface area contributed by atoms with Crippen molar-refractivity contribution in [2.75, 3.05) is 39.6 Å². The van der Waals surface area contributed by atoms with Crippen molar-refractivity contribution in [2.24, 2.45) is 23.7 Å². The molecular formula is C63H122O17P2. The Morgan fingerprint density at radius 3 is 0.756 bits per heavy atom. The van der Waals surface area contributed by atoms with Gasteiger partial charge in [0.15, 0.2) is 12.2 Å². The summed E-state index contributed by atoms with van der Waals surface area (Å²) in [6.45, 7) is 13.9. The Morgan fingerprint density at radius 2 is 0.512 bits per heavy atom. The summed E-state index contributed by atoms with van der Waals surface area (Å²) in [5.41, 5.74) is 0. The number of esters is 4. The summed E-state index contributed by atoms with van der Waals surface area (Å²) in [5, 5.41) is 10.5. The third-order valence-electron chi connectivity index (χ3n) is 14.3. The van der Waals surface area contributed by atoms with Crippen LogP contribution in [0.15, 0.2) is 0 Å². The van der Waals surface area contributed by atoms with Gasteiger partial charge in [-0.2, -0.15) is 0 Å². The van der Waals surface area contributed by atoms with Crippen LogP contribution < -0.4 is 0 Å². The molecule has 0 aliphatic carbocycles. The molecule has 0 amide bonds. The Hall–Kier alpha value is -1.94. The van der Waals surface area contributed by atoms with Crippen LogP contribution in [-0.4, -0.2) is 96.7 Å². The van der Waals surface area contributed by atoms with Crippen molar-refractivity contribution >= 4 is 39.5 Å². The normalized spacial score (nSPS) is 14.5. The minimum atomic E-state index is -4.94. The molecule has 0 heterocycles. The molecule has 17 nitrogen and oxygen atoms in total. The molecule has 5 atom stereocenters. The Morgan fingerprint density at radius 1 is 0.305 bits per heavy atom. The third kappa shape index (κ3) is 57.2. The number of hydrogen-bond acceptors (Lipinski definition) is 15. The molecule has 0 radical (unpaired) electrons. The molecule has 0 saturated heterocycles. The van der Waals surface area contributed by atoms with Crippen molar-refractivity contribution in [3.05, 3.63) is 0 Å². The van der Waals surface area contributed by atoms with Gasteiger partial charge in [0.25, 0.3) is 0 Å². The number of carbonyl (C=O) groups is 4. The molecule has 82 heavy (non-hydrogen) atoms. The monoisotopic (exact) mass is 1210 g/mol. The van der Waals surface area contributed by atoms with Crippen LogP contribution in [0.2, 0.25) is 0 Å². The van der Waals surface area contributed by atoms with Gasteiger partial charge in [-0.1, -0.05) is 248 Å². The molecule has 0 aromatic heterocycles. The van der Waals surface area contributed by atoms with Gasteiger partial charge >= 0.3 is 39.5 Å². The summed E-state index contributed by atoms with van der Waals surface area (Å²) >= 11 is 0.